The number of likely N-dealkylation sites (tertiary alicyclic amines) is 1. The van der Waals surface area contributed by atoms with Gasteiger partial charge in [-0.05, 0) is 49.7 Å². The van der Waals surface area contributed by atoms with E-state index in [0.717, 1.165) is 23.0 Å². The van der Waals surface area contributed by atoms with E-state index in [2.05, 4.69) is 10.1 Å². The molecule has 1 aliphatic rings. The van der Waals surface area contributed by atoms with Crippen molar-refractivity contribution in [2.24, 2.45) is 12.8 Å². The smallest absolute Gasteiger partial charge is 0.274 e. The molecule has 0 saturated carbocycles. The van der Waals surface area contributed by atoms with Gasteiger partial charge in [0.1, 0.15) is 23.4 Å². The zero-order chi connectivity index (χ0) is 23.3. The topological polar surface area (TPSA) is 106 Å². The molecule has 0 spiro atoms. The summed E-state index contributed by atoms with van der Waals surface area (Å²) in [6, 6.07) is 11.9. The molecule has 2 aromatic heterocycles. The Morgan fingerprint density at radius 3 is 2.79 bits per heavy atom. The lowest BCUT2D eigenvalue weighted by atomic mass is 10.1. The van der Waals surface area contributed by atoms with Crippen LogP contribution in [0.2, 0.25) is 0 Å². The predicted molar refractivity (Wildman–Crippen MR) is 121 cm³/mol. The van der Waals surface area contributed by atoms with Crippen molar-refractivity contribution in [3.63, 3.8) is 0 Å². The number of nitrogens with zero attached hydrogens (tertiary/aromatic N) is 6. The first-order valence-corrected chi connectivity index (χ1v) is 10.6. The van der Waals surface area contributed by atoms with E-state index >= 15 is 0 Å². The number of aryl methyl sites for hydroxylation is 1. The van der Waals surface area contributed by atoms with Gasteiger partial charge in [0.15, 0.2) is 0 Å². The maximum atomic E-state index is 14.5. The van der Waals surface area contributed by atoms with Crippen molar-refractivity contribution in [1.82, 2.24) is 24.2 Å². The summed E-state index contributed by atoms with van der Waals surface area (Å²) in [4.78, 5) is 19.7. The van der Waals surface area contributed by atoms with Gasteiger partial charge in [0.25, 0.3) is 5.91 Å². The average molecular weight is 443 g/mol. The molecule has 166 valence electrons. The van der Waals surface area contributed by atoms with Crippen LogP contribution >= 0.6 is 0 Å². The molecular weight excluding hydrogens is 421 g/mol. The zero-order valence-electron chi connectivity index (χ0n) is 18.3. The highest BCUT2D eigenvalue weighted by molar-refractivity contribution is 5.95. The van der Waals surface area contributed by atoms with E-state index in [1.807, 2.05) is 49.0 Å². The Bertz CT molecular complexity index is 1450. The monoisotopic (exact) mass is 443 g/mol. The minimum Gasteiger partial charge on any atom is -0.336 e. The predicted octanol–water partition coefficient (Wildman–Crippen LogP) is 2.92. The summed E-state index contributed by atoms with van der Waals surface area (Å²) in [5.74, 6) is -0.411. The maximum Gasteiger partial charge on any atom is 0.274 e. The number of imidazole rings is 1. The van der Waals surface area contributed by atoms with Crippen LogP contribution in [0.4, 0.5) is 4.39 Å². The van der Waals surface area contributed by atoms with Crippen molar-refractivity contribution in [3.8, 4) is 23.1 Å². The second-order valence-electron chi connectivity index (χ2n) is 8.36. The SMILES string of the molecule is Cc1c(C(=O)N2CC[C@H](N)C2)nc(-c2ccc(C#N)c(F)c2)n1-c1ccc2nn(C)cc2c1. The van der Waals surface area contributed by atoms with Crippen LogP contribution in [0.15, 0.2) is 42.6 Å². The fourth-order valence-electron chi connectivity index (χ4n) is 4.36. The molecule has 1 fully saturated rings. The molecule has 1 aliphatic heterocycles. The highest BCUT2D eigenvalue weighted by Gasteiger charge is 2.30. The van der Waals surface area contributed by atoms with Crippen LogP contribution in [-0.4, -0.2) is 49.3 Å². The second-order valence-corrected chi connectivity index (χ2v) is 8.36. The molecule has 0 aliphatic carbocycles. The van der Waals surface area contributed by atoms with Gasteiger partial charge >= 0.3 is 0 Å². The van der Waals surface area contributed by atoms with Crippen LogP contribution < -0.4 is 5.73 Å². The van der Waals surface area contributed by atoms with Crippen molar-refractivity contribution in [1.29, 1.82) is 5.26 Å². The molecule has 0 unspecified atom stereocenters. The molecule has 2 aromatic carbocycles. The molecule has 0 bridgehead atoms. The number of fused-ring (bicyclic) bond motifs is 1. The molecule has 33 heavy (non-hydrogen) atoms. The highest BCUT2D eigenvalue weighted by atomic mass is 19.1. The molecule has 9 heteroatoms. The first-order chi connectivity index (χ1) is 15.9. The number of nitrogens with two attached hydrogens (primary N) is 1. The number of amides is 1. The molecule has 1 saturated heterocycles. The van der Waals surface area contributed by atoms with Crippen molar-refractivity contribution in [2.75, 3.05) is 13.1 Å². The van der Waals surface area contributed by atoms with E-state index in [0.29, 0.717) is 35.9 Å². The van der Waals surface area contributed by atoms with Gasteiger partial charge in [0.2, 0.25) is 0 Å². The van der Waals surface area contributed by atoms with Gasteiger partial charge in [-0.2, -0.15) is 10.4 Å². The maximum absolute atomic E-state index is 14.5. The summed E-state index contributed by atoms with van der Waals surface area (Å²) < 4.78 is 18.1. The van der Waals surface area contributed by atoms with Crippen LogP contribution in [0.25, 0.3) is 28.0 Å². The largest absolute Gasteiger partial charge is 0.336 e. The normalized spacial score (nSPS) is 15.8. The summed E-state index contributed by atoms with van der Waals surface area (Å²) in [6.07, 6.45) is 2.65. The second kappa shape index (κ2) is 7.83. The summed E-state index contributed by atoms with van der Waals surface area (Å²) >= 11 is 0. The fourth-order valence-corrected chi connectivity index (χ4v) is 4.36. The highest BCUT2D eigenvalue weighted by Crippen LogP contribution is 2.30. The van der Waals surface area contributed by atoms with Gasteiger partial charge in [0.05, 0.1) is 16.8 Å². The minimum atomic E-state index is -0.636. The van der Waals surface area contributed by atoms with Gasteiger partial charge in [0, 0.05) is 49.0 Å². The molecule has 2 N–H and O–H groups in total. The quantitative estimate of drug-likeness (QED) is 0.524. The zero-order valence-corrected chi connectivity index (χ0v) is 18.3. The molecule has 8 nitrogen and oxygen atoms in total. The van der Waals surface area contributed by atoms with E-state index in [9.17, 15) is 9.18 Å². The molecular formula is C24H22FN7O. The number of carbonyl (C=O) groups excluding carboxylic acids is 1. The van der Waals surface area contributed by atoms with Crippen LogP contribution in [0, 0.1) is 24.1 Å². The number of carbonyl (C=O) groups is 1. The number of aromatic nitrogens is 4. The number of hydrogen-bond acceptors (Lipinski definition) is 5. The first-order valence-electron chi connectivity index (χ1n) is 10.6. The Balaban J connectivity index is 1.70. The third kappa shape index (κ3) is 3.54. The number of hydrogen-bond donors (Lipinski definition) is 1. The molecule has 4 aromatic rings. The first kappa shape index (κ1) is 20.8. The molecule has 3 heterocycles. The summed E-state index contributed by atoms with van der Waals surface area (Å²) in [6.45, 7) is 2.88. The van der Waals surface area contributed by atoms with E-state index in [1.54, 1.807) is 15.6 Å². The lowest BCUT2D eigenvalue weighted by molar-refractivity contribution is 0.0785. The molecule has 0 radical (unpaired) electrons. The Morgan fingerprint density at radius 1 is 1.27 bits per heavy atom. The number of nitriles is 1. The van der Waals surface area contributed by atoms with E-state index in [-0.39, 0.29) is 17.5 Å². The van der Waals surface area contributed by atoms with E-state index < -0.39 is 5.82 Å². The Hall–Kier alpha value is -4.03. The lowest BCUT2D eigenvalue weighted by Crippen LogP contribution is -2.32. The lowest BCUT2D eigenvalue weighted by Gasteiger charge is -2.15. The number of rotatable bonds is 3. The van der Waals surface area contributed by atoms with Crippen molar-refractivity contribution >= 4 is 16.8 Å². The number of halogens is 1. The third-order valence-electron chi connectivity index (χ3n) is 6.03. The summed E-state index contributed by atoms with van der Waals surface area (Å²) in [5, 5.41) is 14.4. The van der Waals surface area contributed by atoms with Crippen LogP contribution in [0.3, 0.4) is 0 Å². The van der Waals surface area contributed by atoms with Gasteiger partial charge < -0.3 is 10.6 Å². The van der Waals surface area contributed by atoms with Crippen LogP contribution in [0.1, 0.15) is 28.2 Å². The van der Waals surface area contributed by atoms with Gasteiger partial charge in [-0.25, -0.2) is 9.37 Å². The van der Waals surface area contributed by atoms with Gasteiger partial charge in [-0.1, -0.05) is 0 Å². The van der Waals surface area contributed by atoms with Crippen LogP contribution in [-0.2, 0) is 7.05 Å². The van der Waals surface area contributed by atoms with Crippen molar-refractivity contribution in [3.05, 3.63) is 65.4 Å². The van der Waals surface area contributed by atoms with Crippen LogP contribution in [0.5, 0.6) is 0 Å². The summed E-state index contributed by atoms with van der Waals surface area (Å²) in [5.41, 5.74) is 8.98. The van der Waals surface area contributed by atoms with E-state index in [1.165, 1.54) is 12.1 Å². The average Bonchev–Trinajstić information content (AvgIpc) is 3.48. The number of benzene rings is 2. The van der Waals surface area contributed by atoms with E-state index in [4.69, 9.17) is 11.0 Å². The van der Waals surface area contributed by atoms with Gasteiger partial charge in [-0.15, -0.1) is 0 Å². The Kier molecular flexibility index (Phi) is 4.95. The Labute approximate surface area is 189 Å². The molecule has 1 atom stereocenters. The standard InChI is InChI=1S/C24H22FN7O/c1-14-22(24(33)31-8-7-18(27)13-31)28-23(15-3-4-16(11-26)20(25)10-15)32(14)19-5-6-21-17(9-19)12-30(2)29-21/h3-6,9-10,12,18H,7-8,13,27H2,1-2H3/t18-/m0/s1. The fraction of sp³-hybridized carbons (Fsp3) is 0.250. The Morgan fingerprint density at radius 2 is 2.09 bits per heavy atom. The van der Waals surface area contributed by atoms with Crippen molar-refractivity contribution in [2.45, 2.75) is 19.4 Å². The van der Waals surface area contributed by atoms with Crippen molar-refractivity contribution < 1.29 is 9.18 Å². The molecule has 1 amide bonds. The molecule has 5 rings (SSSR count). The minimum absolute atomic E-state index is 0.0450. The van der Waals surface area contributed by atoms with Gasteiger partial charge in [-0.3, -0.25) is 14.0 Å². The summed E-state index contributed by atoms with van der Waals surface area (Å²) in [7, 11) is 1.85. The third-order valence-corrected chi connectivity index (χ3v) is 6.03.